The van der Waals surface area contributed by atoms with Crippen LogP contribution in [0.1, 0.15) is 40.2 Å². The smallest absolute Gasteiger partial charge is 0.261 e. The fourth-order valence-electron chi connectivity index (χ4n) is 2.41. The minimum absolute atomic E-state index is 0.00782. The molecule has 0 radical (unpaired) electrons. The zero-order valence-electron chi connectivity index (χ0n) is 10.1. The summed E-state index contributed by atoms with van der Waals surface area (Å²) in [7, 11) is 0. The number of hydrogen-bond donors (Lipinski definition) is 2. The van der Waals surface area contributed by atoms with Gasteiger partial charge in [-0.05, 0) is 31.9 Å². The Morgan fingerprint density at radius 2 is 2.24 bits per heavy atom. The Morgan fingerprint density at radius 3 is 2.88 bits per heavy atom. The van der Waals surface area contributed by atoms with Crippen LogP contribution in [0.2, 0.25) is 0 Å². The Hall–Kier alpha value is -0.870. The minimum atomic E-state index is 0.00782. The molecule has 0 aromatic carbocycles. The van der Waals surface area contributed by atoms with E-state index in [1.807, 2.05) is 19.1 Å². The molecule has 1 heterocycles. The van der Waals surface area contributed by atoms with E-state index in [2.05, 4.69) is 5.32 Å². The first kappa shape index (κ1) is 12.6. The summed E-state index contributed by atoms with van der Waals surface area (Å²) in [6, 6.07) is 3.97. The van der Waals surface area contributed by atoms with E-state index in [0.717, 1.165) is 35.4 Å². The minimum Gasteiger partial charge on any atom is -0.396 e. The van der Waals surface area contributed by atoms with E-state index in [9.17, 15) is 9.90 Å². The Labute approximate surface area is 106 Å². The van der Waals surface area contributed by atoms with E-state index in [-0.39, 0.29) is 24.5 Å². The lowest BCUT2D eigenvalue weighted by atomic mass is 9.85. The van der Waals surface area contributed by atoms with Gasteiger partial charge in [-0.15, -0.1) is 11.3 Å². The highest BCUT2D eigenvalue weighted by Crippen LogP contribution is 2.24. The molecule has 17 heavy (non-hydrogen) atoms. The average molecular weight is 253 g/mol. The number of hydrogen-bond acceptors (Lipinski definition) is 3. The number of aryl methyl sites for hydroxylation is 1. The molecule has 0 spiro atoms. The summed E-state index contributed by atoms with van der Waals surface area (Å²) in [5, 5.41) is 12.4. The van der Waals surface area contributed by atoms with E-state index in [4.69, 9.17) is 0 Å². The molecule has 4 heteroatoms. The molecule has 2 unspecified atom stereocenters. The third kappa shape index (κ3) is 3.07. The molecule has 1 saturated carbocycles. The Kier molecular flexibility index (Phi) is 4.18. The van der Waals surface area contributed by atoms with E-state index < -0.39 is 0 Å². The second-order valence-corrected chi connectivity index (χ2v) is 6.01. The number of aliphatic hydroxyl groups is 1. The third-order valence-corrected chi connectivity index (χ3v) is 4.42. The van der Waals surface area contributed by atoms with Gasteiger partial charge in [0.05, 0.1) is 4.88 Å². The number of nitrogens with one attached hydrogen (secondary N) is 1. The molecule has 1 aliphatic carbocycles. The monoisotopic (exact) mass is 253 g/mol. The van der Waals surface area contributed by atoms with Gasteiger partial charge >= 0.3 is 0 Å². The molecule has 0 saturated heterocycles. The third-order valence-electron chi connectivity index (χ3n) is 3.42. The van der Waals surface area contributed by atoms with Crippen LogP contribution in [0.5, 0.6) is 0 Å². The summed E-state index contributed by atoms with van der Waals surface area (Å²) in [6.07, 6.45) is 4.31. The van der Waals surface area contributed by atoms with E-state index in [1.165, 1.54) is 11.3 Å². The summed E-state index contributed by atoms with van der Waals surface area (Å²) < 4.78 is 0. The van der Waals surface area contributed by atoms with Gasteiger partial charge in [-0.3, -0.25) is 4.79 Å². The summed E-state index contributed by atoms with van der Waals surface area (Å²) in [5.74, 6) is 0.238. The van der Waals surface area contributed by atoms with Crippen LogP contribution in [0.3, 0.4) is 0 Å². The van der Waals surface area contributed by atoms with Crippen molar-refractivity contribution >= 4 is 17.2 Å². The summed E-state index contributed by atoms with van der Waals surface area (Å²) in [6.45, 7) is 2.17. The largest absolute Gasteiger partial charge is 0.396 e. The molecule has 1 fully saturated rings. The van der Waals surface area contributed by atoms with Gasteiger partial charge in [-0.25, -0.2) is 0 Å². The lowest BCUT2D eigenvalue weighted by Gasteiger charge is -2.30. The van der Waals surface area contributed by atoms with Crippen molar-refractivity contribution in [2.24, 2.45) is 5.92 Å². The molecular formula is C13H19NO2S. The van der Waals surface area contributed by atoms with Crippen molar-refractivity contribution in [3.63, 3.8) is 0 Å². The van der Waals surface area contributed by atoms with Gasteiger partial charge in [0.1, 0.15) is 0 Å². The highest BCUT2D eigenvalue weighted by molar-refractivity contribution is 7.13. The van der Waals surface area contributed by atoms with Crippen LogP contribution in [0.15, 0.2) is 12.1 Å². The molecule has 3 nitrogen and oxygen atoms in total. The predicted octanol–water partition coefficient (Wildman–Crippen LogP) is 2.34. The zero-order chi connectivity index (χ0) is 12.3. The molecule has 0 aliphatic heterocycles. The lowest BCUT2D eigenvalue weighted by Crippen LogP contribution is -2.43. The maximum Gasteiger partial charge on any atom is 0.261 e. The van der Waals surface area contributed by atoms with E-state index >= 15 is 0 Å². The number of carbonyl (C=O) groups is 1. The normalized spacial score (nSPS) is 24.6. The molecule has 2 atom stereocenters. The maximum absolute atomic E-state index is 12.0. The van der Waals surface area contributed by atoms with Crippen LogP contribution in [0.25, 0.3) is 0 Å². The molecule has 94 valence electrons. The number of thiophene rings is 1. The average Bonchev–Trinajstić information content (AvgIpc) is 2.77. The summed E-state index contributed by atoms with van der Waals surface area (Å²) in [4.78, 5) is 13.9. The van der Waals surface area contributed by atoms with Crippen LogP contribution in [0, 0.1) is 12.8 Å². The number of rotatable bonds is 3. The number of aliphatic hydroxyl groups excluding tert-OH is 1. The standard InChI is InChI=1S/C13H19NO2S/c1-9-6-7-12(17-9)13(16)14-11-5-3-2-4-10(11)8-15/h6-7,10-11,15H,2-5,8H2,1H3,(H,14,16). The highest BCUT2D eigenvalue weighted by Gasteiger charge is 2.26. The van der Waals surface area contributed by atoms with Crippen molar-refractivity contribution in [2.45, 2.75) is 38.6 Å². The lowest BCUT2D eigenvalue weighted by molar-refractivity contribution is 0.0876. The van der Waals surface area contributed by atoms with Gasteiger partial charge in [0.2, 0.25) is 0 Å². The molecule has 1 aromatic heterocycles. The van der Waals surface area contributed by atoms with Crippen LogP contribution in [-0.4, -0.2) is 23.7 Å². The van der Waals surface area contributed by atoms with Crippen LogP contribution >= 0.6 is 11.3 Å². The molecule has 2 N–H and O–H groups in total. The molecular weight excluding hydrogens is 234 g/mol. The fourth-order valence-corrected chi connectivity index (χ4v) is 3.18. The van der Waals surface area contributed by atoms with Gasteiger partial charge in [-0.2, -0.15) is 0 Å². The second-order valence-electron chi connectivity index (χ2n) is 4.72. The molecule has 2 rings (SSSR count). The van der Waals surface area contributed by atoms with Crippen molar-refractivity contribution in [1.29, 1.82) is 0 Å². The van der Waals surface area contributed by atoms with Gasteiger partial charge in [-0.1, -0.05) is 12.8 Å². The summed E-state index contributed by atoms with van der Waals surface area (Å²) >= 11 is 1.52. The van der Waals surface area contributed by atoms with Crippen LogP contribution < -0.4 is 5.32 Å². The SMILES string of the molecule is Cc1ccc(C(=O)NC2CCCCC2CO)s1. The van der Waals surface area contributed by atoms with E-state index in [1.54, 1.807) is 0 Å². The zero-order valence-corrected chi connectivity index (χ0v) is 10.9. The first-order valence-electron chi connectivity index (χ1n) is 6.19. The fraction of sp³-hybridized carbons (Fsp3) is 0.615. The quantitative estimate of drug-likeness (QED) is 0.868. The molecule has 1 aliphatic rings. The van der Waals surface area contributed by atoms with Crippen LogP contribution in [0.4, 0.5) is 0 Å². The van der Waals surface area contributed by atoms with Crippen molar-refractivity contribution in [3.8, 4) is 0 Å². The first-order valence-corrected chi connectivity index (χ1v) is 7.00. The second kappa shape index (κ2) is 5.65. The number of amides is 1. The van der Waals surface area contributed by atoms with Gasteiger partial charge in [0, 0.05) is 23.4 Å². The van der Waals surface area contributed by atoms with E-state index in [0.29, 0.717) is 0 Å². The molecule has 1 aromatic rings. The Morgan fingerprint density at radius 1 is 1.47 bits per heavy atom. The maximum atomic E-state index is 12.0. The predicted molar refractivity (Wildman–Crippen MR) is 69.4 cm³/mol. The van der Waals surface area contributed by atoms with Crippen molar-refractivity contribution in [2.75, 3.05) is 6.61 Å². The topological polar surface area (TPSA) is 49.3 Å². The Bertz CT molecular complexity index is 389. The van der Waals surface area contributed by atoms with Gasteiger partial charge < -0.3 is 10.4 Å². The summed E-state index contributed by atoms with van der Waals surface area (Å²) in [5.41, 5.74) is 0. The highest BCUT2D eigenvalue weighted by atomic mass is 32.1. The van der Waals surface area contributed by atoms with Crippen molar-refractivity contribution in [3.05, 3.63) is 21.9 Å². The van der Waals surface area contributed by atoms with Gasteiger partial charge in [0.15, 0.2) is 0 Å². The van der Waals surface area contributed by atoms with Crippen LogP contribution in [-0.2, 0) is 0 Å². The molecule has 1 amide bonds. The van der Waals surface area contributed by atoms with Gasteiger partial charge in [0.25, 0.3) is 5.91 Å². The molecule has 0 bridgehead atoms. The first-order chi connectivity index (χ1) is 8.20. The van der Waals surface area contributed by atoms with Crippen molar-refractivity contribution in [1.82, 2.24) is 5.32 Å². The Balaban J connectivity index is 1.97. The number of carbonyl (C=O) groups excluding carboxylic acids is 1. The van der Waals surface area contributed by atoms with Crippen molar-refractivity contribution < 1.29 is 9.90 Å².